The van der Waals surface area contributed by atoms with Gasteiger partial charge in [-0.05, 0) is 49.1 Å². The van der Waals surface area contributed by atoms with Crippen molar-refractivity contribution in [3.05, 3.63) is 58.6 Å². The molecule has 2 aromatic rings. The van der Waals surface area contributed by atoms with Crippen LogP contribution in [0.2, 0.25) is 5.02 Å². The van der Waals surface area contributed by atoms with Gasteiger partial charge in [0.1, 0.15) is 6.54 Å². The molecule has 7 heteroatoms. The third-order valence-electron chi connectivity index (χ3n) is 4.53. The number of aryl methyl sites for hydroxylation is 2. The molecular formula is C19H21ClN2O3S. The molecule has 2 aromatic carbocycles. The molecule has 0 N–H and O–H groups in total. The number of amides is 1. The molecule has 3 rings (SSSR count). The Hall–Kier alpha value is -2.05. The summed E-state index contributed by atoms with van der Waals surface area (Å²) in [5.41, 5.74) is 3.14. The van der Waals surface area contributed by atoms with Gasteiger partial charge in [0.05, 0.1) is 11.9 Å². The lowest BCUT2D eigenvalue weighted by Crippen LogP contribution is -2.44. The summed E-state index contributed by atoms with van der Waals surface area (Å²) in [5, 5.41) is 0.426. The van der Waals surface area contributed by atoms with E-state index in [0.717, 1.165) is 40.2 Å². The Bertz CT molecular complexity index is 944. The highest BCUT2D eigenvalue weighted by atomic mass is 35.5. The van der Waals surface area contributed by atoms with Crippen molar-refractivity contribution in [3.8, 4) is 0 Å². The maximum Gasteiger partial charge on any atom is 0.247 e. The average Bonchev–Trinajstić information content (AvgIpc) is 2.60. The van der Waals surface area contributed by atoms with E-state index < -0.39 is 10.0 Å². The first-order valence-electron chi connectivity index (χ1n) is 8.39. The largest absolute Gasteiger partial charge is 0.311 e. The molecule has 26 heavy (non-hydrogen) atoms. The Morgan fingerprint density at radius 1 is 1.23 bits per heavy atom. The van der Waals surface area contributed by atoms with Crippen LogP contribution in [0, 0.1) is 6.92 Å². The monoisotopic (exact) mass is 392 g/mol. The van der Waals surface area contributed by atoms with Gasteiger partial charge in [-0.15, -0.1) is 0 Å². The van der Waals surface area contributed by atoms with Crippen molar-refractivity contribution in [1.29, 1.82) is 0 Å². The summed E-state index contributed by atoms with van der Waals surface area (Å²) < 4.78 is 25.9. The second-order valence-corrected chi connectivity index (χ2v) is 8.82. The van der Waals surface area contributed by atoms with E-state index in [2.05, 4.69) is 0 Å². The third-order valence-corrected chi connectivity index (χ3v) is 5.89. The fourth-order valence-corrected chi connectivity index (χ4v) is 4.30. The summed E-state index contributed by atoms with van der Waals surface area (Å²) >= 11 is 6.05. The van der Waals surface area contributed by atoms with Gasteiger partial charge in [-0.3, -0.25) is 9.10 Å². The van der Waals surface area contributed by atoms with E-state index >= 15 is 0 Å². The van der Waals surface area contributed by atoms with Gasteiger partial charge in [-0.2, -0.15) is 0 Å². The molecule has 1 aliphatic heterocycles. The SMILES string of the molecule is Cc1ccc(Cl)cc1N(CC(=O)N1CCCc2ccccc21)S(C)(=O)=O. The Morgan fingerprint density at radius 3 is 2.69 bits per heavy atom. The topological polar surface area (TPSA) is 57.7 Å². The highest BCUT2D eigenvalue weighted by Gasteiger charge is 2.28. The molecule has 0 unspecified atom stereocenters. The molecule has 0 atom stereocenters. The number of benzene rings is 2. The summed E-state index contributed by atoms with van der Waals surface area (Å²) in [6.07, 6.45) is 2.88. The Morgan fingerprint density at radius 2 is 1.96 bits per heavy atom. The molecule has 0 saturated heterocycles. The van der Waals surface area contributed by atoms with Crippen molar-refractivity contribution >= 4 is 38.9 Å². The van der Waals surface area contributed by atoms with Gasteiger partial charge in [0.25, 0.3) is 0 Å². The molecular weight excluding hydrogens is 372 g/mol. The van der Waals surface area contributed by atoms with Crippen molar-refractivity contribution < 1.29 is 13.2 Å². The van der Waals surface area contributed by atoms with Crippen LogP contribution in [0.4, 0.5) is 11.4 Å². The van der Waals surface area contributed by atoms with Gasteiger partial charge >= 0.3 is 0 Å². The standard InChI is InChI=1S/C19H21ClN2O3S/c1-14-9-10-16(20)12-18(14)22(26(2,24)25)13-19(23)21-11-5-7-15-6-3-4-8-17(15)21/h3-4,6,8-10,12H,5,7,11,13H2,1-2H3. The van der Waals surface area contributed by atoms with Crippen LogP contribution in [-0.4, -0.2) is 33.7 Å². The van der Waals surface area contributed by atoms with Crippen LogP contribution >= 0.6 is 11.6 Å². The van der Waals surface area contributed by atoms with Gasteiger partial charge in [-0.25, -0.2) is 8.42 Å². The Kier molecular flexibility index (Phi) is 5.25. The Balaban J connectivity index is 1.94. The van der Waals surface area contributed by atoms with Crippen LogP contribution in [0.3, 0.4) is 0 Å². The van der Waals surface area contributed by atoms with Crippen molar-refractivity contribution in [3.63, 3.8) is 0 Å². The van der Waals surface area contributed by atoms with Crippen molar-refractivity contribution in [2.45, 2.75) is 19.8 Å². The number of carbonyl (C=O) groups is 1. The van der Waals surface area contributed by atoms with Crippen molar-refractivity contribution in [1.82, 2.24) is 0 Å². The first-order chi connectivity index (χ1) is 12.3. The summed E-state index contributed by atoms with van der Waals surface area (Å²) in [6.45, 7) is 2.13. The minimum Gasteiger partial charge on any atom is -0.311 e. The average molecular weight is 393 g/mol. The maximum absolute atomic E-state index is 13.0. The van der Waals surface area contributed by atoms with Crippen LogP contribution in [0.5, 0.6) is 0 Å². The lowest BCUT2D eigenvalue weighted by molar-refractivity contribution is -0.117. The van der Waals surface area contributed by atoms with Gasteiger partial charge in [0.2, 0.25) is 15.9 Å². The molecule has 138 valence electrons. The molecule has 0 radical (unpaired) electrons. The second kappa shape index (κ2) is 7.29. The predicted molar refractivity (Wildman–Crippen MR) is 105 cm³/mol. The zero-order valence-electron chi connectivity index (χ0n) is 14.8. The van der Waals surface area contributed by atoms with E-state index in [1.807, 2.05) is 24.3 Å². The number of halogens is 1. The van der Waals surface area contributed by atoms with Gasteiger partial charge in [-0.1, -0.05) is 35.9 Å². The number of fused-ring (bicyclic) bond motifs is 1. The highest BCUT2D eigenvalue weighted by Crippen LogP contribution is 2.29. The van der Waals surface area contributed by atoms with E-state index in [1.54, 1.807) is 30.0 Å². The number of anilines is 2. The first-order valence-corrected chi connectivity index (χ1v) is 10.6. The quantitative estimate of drug-likeness (QED) is 0.801. The van der Waals surface area contributed by atoms with Crippen molar-refractivity contribution in [2.75, 3.05) is 28.6 Å². The lowest BCUT2D eigenvalue weighted by Gasteiger charge is -2.32. The fourth-order valence-electron chi connectivity index (χ4n) is 3.23. The third kappa shape index (κ3) is 3.86. The number of hydrogen-bond donors (Lipinski definition) is 0. The number of hydrogen-bond acceptors (Lipinski definition) is 3. The van der Waals surface area contributed by atoms with E-state index in [4.69, 9.17) is 11.6 Å². The predicted octanol–water partition coefficient (Wildman–Crippen LogP) is 3.39. The number of rotatable bonds is 4. The molecule has 0 aromatic heterocycles. The van der Waals surface area contributed by atoms with Gasteiger partial charge < -0.3 is 4.90 Å². The molecule has 0 fully saturated rings. The summed E-state index contributed by atoms with van der Waals surface area (Å²) in [6, 6.07) is 12.8. The Labute approximate surface area is 159 Å². The number of para-hydroxylation sites is 1. The van der Waals surface area contributed by atoms with Crippen LogP contribution in [0.15, 0.2) is 42.5 Å². The molecule has 0 aliphatic carbocycles. The van der Waals surface area contributed by atoms with E-state index in [1.165, 1.54) is 0 Å². The van der Waals surface area contributed by atoms with E-state index in [9.17, 15) is 13.2 Å². The molecule has 1 heterocycles. The van der Waals surface area contributed by atoms with Gasteiger partial charge in [0.15, 0.2) is 0 Å². The zero-order chi connectivity index (χ0) is 18.9. The normalized spacial score (nSPS) is 14.0. The van der Waals surface area contributed by atoms with Crippen LogP contribution < -0.4 is 9.21 Å². The summed E-state index contributed by atoms with van der Waals surface area (Å²) in [7, 11) is -3.64. The minimum absolute atomic E-state index is 0.248. The van der Waals surface area contributed by atoms with Gasteiger partial charge in [0, 0.05) is 17.3 Å². The molecule has 0 saturated carbocycles. The fraction of sp³-hybridized carbons (Fsp3) is 0.316. The number of sulfonamides is 1. The molecule has 0 bridgehead atoms. The van der Waals surface area contributed by atoms with E-state index in [0.29, 0.717) is 17.3 Å². The molecule has 0 spiro atoms. The minimum atomic E-state index is -3.64. The maximum atomic E-state index is 13.0. The van der Waals surface area contributed by atoms with Crippen molar-refractivity contribution in [2.24, 2.45) is 0 Å². The zero-order valence-corrected chi connectivity index (χ0v) is 16.3. The molecule has 5 nitrogen and oxygen atoms in total. The van der Waals surface area contributed by atoms with Crippen LogP contribution in [0.1, 0.15) is 17.5 Å². The molecule has 1 aliphatic rings. The van der Waals surface area contributed by atoms with Crippen LogP contribution in [-0.2, 0) is 21.2 Å². The smallest absolute Gasteiger partial charge is 0.247 e. The number of carbonyl (C=O) groups excluding carboxylic acids is 1. The van der Waals surface area contributed by atoms with E-state index in [-0.39, 0.29) is 12.5 Å². The molecule has 1 amide bonds. The summed E-state index contributed by atoms with van der Waals surface area (Å²) in [5.74, 6) is -0.248. The highest BCUT2D eigenvalue weighted by molar-refractivity contribution is 7.92. The number of nitrogens with zero attached hydrogens (tertiary/aromatic N) is 2. The summed E-state index contributed by atoms with van der Waals surface area (Å²) in [4.78, 5) is 14.7. The second-order valence-electron chi connectivity index (χ2n) is 6.48. The first kappa shape index (κ1) is 18.7. The van der Waals surface area contributed by atoms with Crippen LogP contribution in [0.25, 0.3) is 0 Å². The lowest BCUT2D eigenvalue weighted by atomic mass is 10.0.